The maximum absolute atomic E-state index is 11.4. The third-order valence-electron chi connectivity index (χ3n) is 2.05. The molecule has 0 spiro atoms. The Morgan fingerprint density at radius 2 is 2.11 bits per heavy atom. The van der Waals surface area contributed by atoms with E-state index in [4.69, 9.17) is 4.74 Å². The zero-order valence-corrected chi connectivity index (χ0v) is 13.1. The smallest absolute Gasteiger partial charge is 0.407 e. The summed E-state index contributed by atoms with van der Waals surface area (Å²) in [5, 5.41) is 5.81. The lowest BCUT2D eigenvalue weighted by Crippen LogP contribution is -2.36. The molecule has 0 unspecified atom stereocenters. The number of rotatable bonds is 5. The SMILES string of the molecule is CC(C)(C)OC(=O)NCCN[CH]c1cccc(Br)c1. The van der Waals surface area contributed by atoms with E-state index in [2.05, 4.69) is 26.6 Å². The monoisotopic (exact) mass is 327 g/mol. The number of nitrogens with one attached hydrogen (secondary N) is 2. The Kier molecular flexibility index (Phi) is 6.31. The van der Waals surface area contributed by atoms with Gasteiger partial charge in [-0.2, -0.15) is 0 Å². The van der Waals surface area contributed by atoms with Crippen molar-refractivity contribution in [2.45, 2.75) is 26.4 Å². The minimum atomic E-state index is -0.458. The summed E-state index contributed by atoms with van der Waals surface area (Å²) >= 11 is 3.41. The van der Waals surface area contributed by atoms with Crippen molar-refractivity contribution in [3.05, 3.63) is 40.8 Å². The zero-order chi connectivity index (χ0) is 14.3. The first kappa shape index (κ1) is 16.0. The highest BCUT2D eigenvalue weighted by Gasteiger charge is 2.15. The fraction of sp³-hybridized carbons (Fsp3) is 0.429. The number of carbonyl (C=O) groups excluding carboxylic acids is 1. The summed E-state index contributed by atoms with van der Waals surface area (Å²) in [6, 6.07) is 7.95. The lowest BCUT2D eigenvalue weighted by Gasteiger charge is -2.19. The highest BCUT2D eigenvalue weighted by atomic mass is 79.9. The molecule has 0 saturated heterocycles. The summed E-state index contributed by atoms with van der Waals surface area (Å²) in [7, 11) is 0. The normalized spacial score (nSPS) is 11.2. The second-order valence-corrected chi connectivity index (χ2v) is 6.00. The molecular formula is C14H20BrN2O2. The van der Waals surface area contributed by atoms with Crippen LogP contribution in [0.2, 0.25) is 0 Å². The number of carbonyl (C=O) groups is 1. The molecule has 19 heavy (non-hydrogen) atoms. The van der Waals surface area contributed by atoms with Gasteiger partial charge in [0.1, 0.15) is 5.60 Å². The molecule has 1 aromatic carbocycles. The number of ether oxygens (including phenoxy) is 1. The Hall–Kier alpha value is -1.07. The van der Waals surface area contributed by atoms with Gasteiger partial charge in [-0.05, 0) is 38.5 Å². The lowest BCUT2D eigenvalue weighted by molar-refractivity contribution is 0.0528. The largest absolute Gasteiger partial charge is 0.444 e. The van der Waals surface area contributed by atoms with E-state index in [0.717, 1.165) is 10.0 Å². The van der Waals surface area contributed by atoms with Crippen molar-refractivity contribution in [2.75, 3.05) is 13.1 Å². The molecule has 105 valence electrons. The molecule has 1 rings (SSSR count). The summed E-state index contributed by atoms with van der Waals surface area (Å²) in [5.41, 5.74) is 0.617. The average molecular weight is 328 g/mol. The first-order valence-corrected chi connectivity index (χ1v) is 6.95. The minimum absolute atomic E-state index is 0.392. The van der Waals surface area contributed by atoms with Gasteiger partial charge in [-0.25, -0.2) is 4.79 Å². The van der Waals surface area contributed by atoms with Crippen LogP contribution in [0.5, 0.6) is 0 Å². The predicted molar refractivity (Wildman–Crippen MR) is 79.8 cm³/mol. The van der Waals surface area contributed by atoms with Crippen molar-refractivity contribution in [3.63, 3.8) is 0 Å². The van der Waals surface area contributed by atoms with Crippen LogP contribution in [0.3, 0.4) is 0 Å². The van der Waals surface area contributed by atoms with Crippen LogP contribution in [0.1, 0.15) is 26.3 Å². The first-order chi connectivity index (χ1) is 8.87. The van der Waals surface area contributed by atoms with Crippen molar-refractivity contribution in [1.29, 1.82) is 0 Å². The lowest BCUT2D eigenvalue weighted by atomic mass is 10.2. The van der Waals surface area contributed by atoms with Crippen LogP contribution in [0.25, 0.3) is 0 Å². The number of halogens is 1. The van der Waals surface area contributed by atoms with E-state index < -0.39 is 11.7 Å². The summed E-state index contributed by atoms with van der Waals surface area (Å²) < 4.78 is 6.16. The summed E-state index contributed by atoms with van der Waals surface area (Å²) in [6.07, 6.45) is -0.392. The standard InChI is InChI=1S/C14H20BrN2O2/c1-14(2,3)19-13(18)17-8-7-16-10-11-5-4-6-12(15)9-11/h4-6,9-10,16H,7-8H2,1-3H3,(H,17,18). The van der Waals surface area contributed by atoms with E-state index in [9.17, 15) is 4.79 Å². The maximum Gasteiger partial charge on any atom is 0.407 e. The molecule has 0 fully saturated rings. The highest BCUT2D eigenvalue weighted by Crippen LogP contribution is 2.11. The number of amides is 1. The van der Waals surface area contributed by atoms with Crippen LogP contribution in [-0.2, 0) is 4.74 Å². The van der Waals surface area contributed by atoms with Crippen LogP contribution < -0.4 is 10.6 Å². The fourth-order valence-corrected chi connectivity index (χ4v) is 1.75. The van der Waals surface area contributed by atoms with Gasteiger partial charge >= 0.3 is 6.09 Å². The van der Waals surface area contributed by atoms with Crippen LogP contribution in [-0.4, -0.2) is 24.8 Å². The van der Waals surface area contributed by atoms with Gasteiger partial charge in [-0.3, -0.25) is 0 Å². The van der Waals surface area contributed by atoms with Crippen molar-refractivity contribution in [3.8, 4) is 0 Å². The zero-order valence-electron chi connectivity index (χ0n) is 11.5. The van der Waals surface area contributed by atoms with Crippen molar-refractivity contribution in [2.24, 2.45) is 0 Å². The average Bonchev–Trinajstić information content (AvgIpc) is 2.26. The number of hydrogen-bond donors (Lipinski definition) is 2. The van der Waals surface area contributed by atoms with Gasteiger partial charge in [0.25, 0.3) is 0 Å². The van der Waals surface area contributed by atoms with Crippen molar-refractivity contribution in [1.82, 2.24) is 10.6 Å². The van der Waals surface area contributed by atoms with Crippen molar-refractivity contribution >= 4 is 22.0 Å². The molecule has 0 aliphatic carbocycles. The summed E-state index contributed by atoms with van der Waals surface area (Å²) in [6.45, 7) is 8.58. The van der Waals surface area contributed by atoms with Gasteiger partial charge in [-0.15, -0.1) is 0 Å². The number of benzene rings is 1. The molecule has 4 nitrogen and oxygen atoms in total. The molecule has 0 saturated carbocycles. The second-order valence-electron chi connectivity index (χ2n) is 5.08. The predicted octanol–water partition coefficient (Wildman–Crippen LogP) is 3.07. The van der Waals surface area contributed by atoms with Crippen molar-refractivity contribution < 1.29 is 9.53 Å². The van der Waals surface area contributed by atoms with Crippen LogP contribution in [0.15, 0.2) is 28.7 Å². The Balaban J connectivity index is 2.13. The second kappa shape index (κ2) is 7.50. The van der Waals surface area contributed by atoms with Gasteiger partial charge in [0.05, 0.1) is 6.54 Å². The number of alkyl carbamates (subject to hydrolysis) is 1. The van der Waals surface area contributed by atoms with E-state index in [0.29, 0.717) is 13.1 Å². The molecule has 1 amide bonds. The molecule has 1 aromatic rings. The van der Waals surface area contributed by atoms with E-state index in [1.54, 1.807) is 0 Å². The van der Waals surface area contributed by atoms with Crippen LogP contribution in [0, 0.1) is 6.54 Å². The van der Waals surface area contributed by atoms with E-state index in [1.165, 1.54) is 0 Å². The fourth-order valence-electron chi connectivity index (χ4n) is 1.34. The third kappa shape index (κ3) is 7.85. The molecule has 0 heterocycles. The first-order valence-electron chi connectivity index (χ1n) is 6.16. The Morgan fingerprint density at radius 3 is 2.74 bits per heavy atom. The van der Waals surface area contributed by atoms with Gasteiger partial charge < -0.3 is 15.4 Å². The van der Waals surface area contributed by atoms with E-state index in [1.807, 2.05) is 51.6 Å². The molecule has 0 aliphatic heterocycles. The van der Waals surface area contributed by atoms with Gasteiger partial charge in [0.15, 0.2) is 0 Å². The topological polar surface area (TPSA) is 50.4 Å². The molecule has 0 aromatic heterocycles. The molecule has 0 aliphatic rings. The van der Waals surface area contributed by atoms with E-state index in [-0.39, 0.29) is 0 Å². The number of hydrogen-bond acceptors (Lipinski definition) is 3. The van der Waals surface area contributed by atoms with Gasteiger partial charge in [0, 0.05) is 17.6 Å². The van der Waals surface area contributed by atoms with Gasteiger partial charge in [-0.1, -0.05) is 28.1 Å². The molecule has 0 atom stereocenters. The van der Waals surface area contributed by atoms with Crippen LogP contribution in [0.4, 0.5) is 4.79 Å². The Morgan fingerprint density at radius 1 is 1.37 bits per heavy atom. The third-order valence-corrected chi connectivity index (χ3v) is 2.55. The molecule has 1 radical (unpaired) electrons. The molecular weight excluding hydrogens is 308 g/mol. The van der Waals surface area contributed by atoms with Gasteiger partial charge in [0.2, 0.25) is 0 Å². The van der Waals surface area contributed by atoms with E-state index >= 15 is 0 Å². The maximum atomic E-state index is 11.4. The quantitative estimate of drug-likeness (QED) is 0.817. The molecule has 2 N–H and O–H groups in total. The summed E-state index contributed by atoms with van der Waals surface area (Å²) in [4.78, 5) is 11.4. The summed E-state index contributed by atoms with van der Waals surface area (Å²) in [5.74, 6) is 0. The van der Waals surface area contributed by atoms with Crippen LogP contribution >= 0.6 is 15.9 Å². The molecule has 0 bridgehead atoms. The Labute approximate surface area is 123 Å². The minimum Gasteiger partial charge on any atom is -0.444 e. The highest BCUT2D eigenvalue weighted by molar-refractivity contribution is 9.10. The molecule has 5 heteroatoms. The Bertz CT molecular complexity index is 416.